The summed E-state index contributed by atoms with van der Waals surface area (Å²) in [5.41, 5.74) is -0.208. The number of nitro groups is 1. The number of methoxy groups -OCH3 is 1. The van der Waals surface area contributed by atoms with Crippen LogP contribution in [0.1, 0.15) is 10.4 Å². The number of carbonyl (C=O) groups is 1. The van der Waals surface area contributed by atoms with Crippen LogP contribution < -0.4 is 10.1 Å². The van der Waals surface area contributed by atoms with Crippen LogP contribution in [0.4, 0.5) is 11.5 Å². The lowest BCUT2D eigenvalue weighted by molar-refractivity contribution is -0.385. The van der Waals surface area contributed by atoms with Gasteiger partial charge in [-0.2, -0.15) is 0 Å². The zero-order chi connectivity index (χ0) is 15.4. The number of rotatable bonds is 4. The van der Waals surface area contributed by atoms with Gasteiger partial charge in [-0.15, -0.1) is 0 Å². The van der Waals surface area contributed by atoms with Gasteiger partial charge in [0.15, 0.2) is 0 Å². The molecule has 0 spiro atoms. The van der Waals surface area contributed by atoms with Crippen molar-refractivity contribution in [1.82, 2.24) is 4.98 Å². The van der Waals surface area contributed by atoms with Crippen LogP contribution in [0.5, 0.6) is 5.75 Å². The second-order valence-electron chi connectivity index (χ2n) is 3.91. The van der Waals surface area contributed by atoms with Gasteiger partial charge in [0.25, 0.3) is 5.91 Å². The molecule has 0 radical (unpaired) electrons. The number of anilines is 1. The van der Waals surface area contributed by atoms with Gasteiger partial charge in [-0.1, -0.05) is 12.1 Å². The number of amides is 1. The minimum absolute atomic E-state index is 0.0634. The van der Waals surface area contributed by atoms with E-state index in [4.69, 9.17) is 4.74 Å². The van der Waals surface area contributed by atoms with Gasteiger partial charge in [0, 0.05) is 6.07 Å². The summed E-state index contributed by atoms with van der Waals surface area (Å²) in [5, 5.41) is 13.5. The molecule has 1 N–H and O–H groups in total. The first kappa shape index (κ1) is 14.9. The van der Waals surface area contributed by atoms with E-state index in [2.05, 4.69) is 26.2 Å². The van der Waals surface area contributed by atoms with Crippen molar-refractivity contribution < 1.29 is 14.5 Å². The van der Waals surface area contributed by atoms with Gasteiger partial charge in [-0.3, -0.25) is 14.9 Å². The molecule has 2 rings (SSSR count). The van der Waals surface area contributed by atoms with E-state index in [0.29, 0.717) is 10.4 Å². The Kier molecular flexibility index (Phi) is 4.49. The standard InChI is InChI=1S/C13H10BrN3O4/c1-21-12-8(4-2-5-9(12)17(19)20)13(18)16-11-7-3-6-10(14)15-11/h2-7H,1H3,(H,15,16,18). The van der Waals surface area contributed by atoms with E-state index >= 15 is 0 Å². The Morgan fingerprint density at radius 3 is 2.67 bits per heavy atom. The second kappa shape index (κ2) is 6.31. The molecule has 0 aliphatic carbocycles. The number of pyridine rings is 1. The summed E-state index contributed by atoms with van der Waals surface area (Å²) in [6.45, 7) is 0. The molecular formula is C13H10BrN3O4. The molecule has 2 aromatic rings. The largest absolute Gasteiger partial charge is 0.490 e. The monoisotopic (exact) mass is 351 g/mol. The Morgan fingerprint density at radius 2 is 2.05 bits per heavy atom. The summed E-state index contributed by atoms with van der Waals surface area (Å²) in [7, 11) is 1.27. The summed E-state index contributed by atoms with van der Waals surface area (Å²) in [4.78, 5) is 26.6. The summed E-state index contributed by atoms with van der Waals surface area (Å²) in [6.07, 6.45) is 0. The van der Waals surface area contributed by atoms with Crippen LogP contribution in [0.2, 0.25) is 0 Å². The average molecular weight is 352 g/mol. The van der Waals surface area contributed by atoms with E-state index in [1.165, 1.54) is 25.3 Å². The van der Waals surface area contributed by atoms with Crippen molar-refractivity contribution in [3.8, 4) is 5.75 Å². The molecule has 0 fully saturated rings. The Balaban J connectivity index is 2.35. The molecule has 0 atom stereocenters. The Labute approximate surface area is 128 Å². The van der Waals surface area contributed by atoms with E-state index in [1.54, 1.807) is 18.2 Å². The molecule has 21 heavy (non-hydrogen) atoms. The first-order chi connectivity index (χ1) is 10.0. The molecule has 0 saturated carbocycles. The number of nitrogens with zero attached hydrogens (tertiary/aromatic N) is 2. The third-order valence-corrected chi connectivity index (χ3v) is 3.04. The van der Waals surface area contributed by atoms with Crippen LogP contribution in [0.3, 0.4) is 0 Å². The Hall–Kier alpha value is -2.48. The van der Waals surface area contributed by atoms with E-state index in [0.717, 1.165) is 0 Å². The fraction of sp³-hybridized carbons (Fsp3) is 0.0769. The van der Waals surface area contributed by atoms with Crippen LogP contribution >= 0.6 is 15.9 Å². The molecule has 1 aromatic heterocycles. The zero-order valence-corrected chi connectivity index (χ0v) is 12.5. The summed E-state index contributed by atoms with van der Waals surface area (Å²) < 4.78 is 5.55. The SMILES string of the molecule is COc1c(C(=O)Nc2cccc(Br)n2)cccc1[N+](=O)[O-]. The lowest BCUT2D eigenvalue weighted by Gasteiger charge is -2.09. The lowest BCUT2D eigenvalue weighted by Crippen LogP contribution is -2.14. The molecule has 1 heterocycles. The molecule has 0 aliphatic heterocycles. The van der Waals surface area contributed by atoms with Crippen LogP contribution in [-0.2, 0) is 0 Å². The number of halogens is 1. The molecule has 1 amide bonds. The van der Waals surface area contributed by atoms with Crippen LogP contribution in [0.15, 0.2) is 41.0 Å². The Morgan fingerprint density at radius 1 is 1.33 bits per heavy atom. The smallest absolute Gasteiger partial charge is 0.311 e. The molecule has 0 unspecified atom stereocenters. The summed E-state index contributed by atoms with van der Waals surface area (Å²) in [5.74, 6) is -0.306. The third-order valence-electron chi connectivity index (χ3n) is 2.60. The van der Waals surface area contributed by atoms with Gasteiger partial charge < -0.3 is 10.1 Å². The predicted molar refractivity (Wildman–Crippen MR) is 79.5 cm³/mol. The summed E-state index contributed by atoms with van der Waals surface area (Å²) in [6, 6.07) is 9.16. The number of benzene rings is 1. The van der Waals surface area contributed by atoms with Gasteiger partial charge in [-0.05, 0) is 34.1 Å². The predicted octanol–water partition coefficient (Wildman–Crippen LogP) is 3.01. The zero-order valence-electron chi connectivity index (χ0n) is 10.9. The van der Waals surface area contributed by atoms with Crippen molar-refractivity contribution in [3.05, 3.63) is 56.7 Å². The van der Waals surface area contributed by atoms with Crippen molar-refractivity contribution in [2.24, 2.45) is 0 Å². The maximum atomic E-state index is 12.2. The highest BCUT2D eigenvalue weighted by Gasteiger charge is 2.22. The van der Waals surface area contributed by atoms with Gasteiger partial charge in [0.1, 0.15) is 10.4 Å². The fourth-order valence-corrected chi connectivity index (χ4v) is 2.07. The van der Waals surface area contributed by atoms with E-state index < -0.39 is 10.8 Å². The normalized spacial score (nSPS) is 10.0. The molecule has 0 bridgehead atoms. The van der Waals surface area contributed by atoms with Crippen LogP contribution in [0, 0.1) is 10.1 Å². The highest BCUT2D eigenvalue weighted by Crippen LogP contribution is 2.30. The van der Waals surface area contributed by atoms with E-state index in [-0.39, 0.29) is 17.0 Å². The number of ether oxygens (including phenoxy) is 1. The number of carbonyl (C=O) groups excluding carboxylic acids is 1. The minimum atomic E-state index is -0.604. The molecule has 108 valence electrons. The quantitative estimate of drug-likeness (QED) is 0.519. The van der Waals surface area contributed by atoms with Crippen molar-refractivity contribution >= 4 is 33.3 Å². The topological polar surface area (TPSA) is 94.4 Å². The van der Waals surface area contributed by atoms with Crippen LogP contribution in [0.25, 0.3) is 0 Å². The minimum Gasteiger partial charge on any atom is -0.490 e. The highest BCUT2D eigenvalue weighted by atomic mass is 79.9. The second-order valence-corrected chi connectivity index (χ2v) is 4.73. The number of nitro benzene ring substituents is 1. The summed E-state index contributed by atoms with van der Waals surface area (Å²) >= 11 is 3.19. The van der Waals surface area contributed by atoms with Gasteiger partial charge >= 0.3 is 5.69 Å². The maximum absolute atomic E-state index is 12.2. The van der Waals surface area contributed by atoms with Crippen molar-refractivity contribution in [2.45, 2.75) is 0 Å². The van der Waals surface area contributed by atoms with Crippen molar-refractivity contribution in [3.63, 3.8) is 0 Å². The number of hydrogen-bond acceptors (Lipinski definition) is 5. The number of nitrogens with one attached hydrogen (secondary N) is 1. The van der Waals surface area contributed by atoms with Crippen molar-refractivity contribution in [1.29, 1.82) is 0 Å². The van der Waals surface area contributed by atoms with Gasteiger partial charge in [0.05, 0.1) is 17.6 Å². The molecule has 8 heteroatoms. The Bertz CT molecular complexity index is 706. The number of aromatic nitrogens is 1. The number of para-hydroxylation sites is 1. The first-order valence-corrected chi connectivity index (χ1v) is 6.57. The highest BCUT2D eigenvalue weighted by molar-refractivity contribution is 9.10. The van der Waals surface area contributed by atoms with Crippen LogP contribution in [-0.4, -0.2) is 22.9 Å². The maximum Gasteiger partial charge on any atom is 0.311 e. The van der Waals surface area contributed by atoms with Gasteiger partial charge in [0.2, 0.25) is 5.75 Å². The van der Waals surface area contributed by atoms with Crippen molar-refractivity contribution in [2.75, 3.05) is 12.4 Å². The number of hydrogen-bond donors (Lipinski definition) is 1. The first-order valence-electron chi connectivity index (χ1n) is 5.78. The van der Waals surface area contributed by atoms with Gasteiger partial charge in [-0.25, -0.2) is 4.98 Å². The lowest BCUT2D eigenvalue weighted by atomic mass is 10.1. The average Bonchev–Trinajstić information content (AvgIpc) is 2.46. The van der Waals surface area contributed by atoms with E-state index in [9.17, 15) is 14.9 Å². The third kappa shape index (κ3) is 3.34. The fourth-order valence-electron chi connectivity index (χ4n) is 1.72. The molecule has 7 nitrogen and oxygen atoms in total. The molecular weight excluding hydrogens is 342 g/mol. The van der Waals surface area contributed by atoms with E-state index in [1.807, 2.05) is 0 Å². The molecule has 0 saturated heterocycles. The molecule has 1 aromatic carbocycles. The molecule has 0 aliphatic rings.